The second kappa shape index (κ2) is 12.7. The van der Waals surface area contributed by atoms with Crippen molar-refractivity contribution in [2.45, 2.75) is 38.6 Å². The lowest BCUT2D eigenvalue weighted by molar-refractivity contribution is 0.516. The molecule has 0 amide bonds. The predicted molar refractivity (Wildman–Crippen MR) is 241 cm³/mol. The van der Waals surface area contributed by atoms with Crippen molar-refractivity contribution in [2.75, 3.05) is 9.80 Å². The number of para-hydroxylation sites is 1. The molecular weight excluding hydrogens is 707 g/mol. The summed E-state index contributed by atoms with van der Waals surface area (Å²) in [5.41, 5.74) is 11.4. The quantitative estimate of drug-likeness (QED) is 0.176. The number of anilines is 5. The average molecular weight is 748 g/mol. The molecule has 11 rings (SSSR count). The lowest BCUT2D eigenvalue weighted by Gasteiger charge is -2.46. The minimum atomic E-state index is -0.523. The lowest BCUT2D eigenvalue weighted by atomic mass is 9.74. The van der Waals surface area contributed by atoms with Crippen LogP contribution >= 0.6 is 0 Å². The topological polar surface area (TPSA) is 44.6 Å². The van der Waals surface area contributed by atoms with Crippen LogP contribution in [0.5, 0.6) is 0 Å². The number of rotatable bonds is 5. The Labute approximate surface area is 338 Å². The number of amidine groups is 1. The third kappa shape index (κ3) is 5.34. The van der Waals surface area contributed by atoms with E-state index >= 15 is 0 Å². The first-order valence-corrected chi connectivity index (χ1v) is 20.0. The van der Waals surface area contributed by atoms with Crippen LogP contribution in [0.4, 0.5) is 28.4 Å². The summed E-state index contributed by atoms with van der Waals surface area (Å²) in [5.74, 6) is 0.917. The zero-order valence-corrected chi connectivity index (χ0v) is 33.0. The van der Waals surface area contributed by atoms with Crippen molar-refractivity contribution in [2.24, 2.45) is 4.99 Å². The molecule has 5 heteroatoms. The van der Waals surface area contributed by atoms with Gasteiger partial charge in [0.05, 0.1) is 22.8 Å². The van der Waals surface area contributed by atoms with Gasteiger partial charge < -0.3 is 4.90 Å². The van der Waals surface area contributed by atoms with Crippen molar-refractivity contribution in [3.8, 4) is 11.1 Å². The van der Waals surface area contributed by atoms with E-state index in [1.165, 1.54) is 43.6 Å². The van der Waals surface area contributed by atoms with Gasteiger partial charge in [0.1, 0.15) is 17.7 Å². The summed E-state index contributed by atoms with van der Waals surface area (Å²) in [6, 6.07) is 61.6. The van der Waals surface area contributed by atoms with Gasteiger partial charge in [-0.3, -0.25) is 9.89 Å². The lowest BCUT2D eigenvalue weighted by Crippen LogP contribution is -2.44. The maximum Gasteiger partial charge on any atom is 0.141 e. The van der Waals surface area contributed by atoms with Gasteiger partial charge in [0.2, 0.25) is 0 Å². The van der Waals surface area contributed by atoms with Gasteiger partial charge in [-0.05, 0) is 131 Å². The van der Waals surface area contributed by atoms with Gasteiger partial charge in [-0.25, -0.2) is 9.97 Å². The van der Waals surface area contributed by atoms with Gasteiger partial charge in [0.25, 0.3) is 0 Å². The Hall–Kier alpha value is -7.11. The number of fused-ring (bicyclic) bond motifs is 5. The number of aromatic nitrogens is 2. The number of aliphatic imine (C=N–C) groups is 1. The minimum Gasteiger partial charge on any atom is -0.310 e. The van der Waals surface area contributed by atoms with Crippen LogP contribution in [0.25, 0.3) is 43.4 Å². The molecular formula is C53H41N5. The van der Waals surface area contributed by atoms with Crippen LogP contribution in [0.15, 0.2) is 181 Å². The van der Waals surface area contributed by atoms with Crippen molar-refractivity contribution in [3.63, 3.8) is 0 Å². The highest BCUT2D eigenvalue weighted by atomic mass is 15.3. The Bertz CT molecular complexity index is 3060. The Morgan fingerprint density at radius 1 is 0.448 bits per heavy atom. The molecule has 0 radical (unpaired) electrons. The highest BCUT2D eigenvalue weighted by Gasteiger charge is 2.46. The van der Waals surface area contributed by atoms with E-state index in [0.29, 0.717) is 0 Å². The highest BCUT2D eigenvalue weighted by Crippen LogP contribution is 2.53. The molecule has 8 aromatic carbocycles. The Morgan fingerprint density at radius 3 is 1.62 bits per heavy atom. The third-order valence-corrected chi connectivity index (χ3v) is 12.2. The molecule has 0 saturated carbocycles. The molecule has 3 heterocycles. The fourth-order valence-corrected chi connectivity index (χ4v) is 9.17. The average Bonchev–Trinajstić information content (AvgIpc) is 3.25. The van der Waals surface area contributed by atoms with E-state index in [1.807, 2.05) is 0 Å². The first-order chi connectivity index (χ1) is 28.2. The van der Waals surface area contributed by atoms with Crippen LogP contribution < -0.4 is 9.80 Å². The van der Waals surface area contributed by atoms with E-state index in [0.717, 1.165) is 56.6 Å². The number of hydrogen-bond donors (Lipinski definition) is 0. The van der Waals surface area contributed by atoms with Crippen molar-refractivity contribution in [1.29, 1.82) is 0 Å². The molecule has 58 heavy (non-hydrogen) atoms. The zero-order chi connectivity index (χ0) is 39.2. The van der Waals surface area contributed by atoms with E-state index in [2.05, 4.69) is 207 Å². The summed E-state index contributed by atoms with van der Waals surface area (Å²) in [6.45, 7) is 8.83. The molecule has 0 unspecified atom stereocenters. The van der Waals surface area contributed by atoms with Gasteiger partial charge in [-0.1, -0.05) is 115 Å². The molecule has 0 atom stereocenters. The van der Waals surface area contributed by atoms with Crippen molar-refractivity contribution < 1.29 is 0 Å². The molecule has 5 nitrogen and oxygen atoms in total. The molecule has 0 spiro atoms. The number of nitrogens with zero attached hydrogens (tertiary/aromatic N) is 5. The molecule has 278 valence electrons. The first-order valence-electron chi connectivity index (χ1n) is 20.0. The molecule has 0 N–H and O–H groups in total. The maximum atomic E-state index is 5.42. The highest BCUT2D eigenvalue weighted by molar-refractivity contribution is 6.18. The van der Waals surface area contributed by atoms with Crippen LogP contribution in [-0.4, -0.2) is 15.8 Å². The smallest absolute Gasteiger partial charge is 0.141 e. The summed E-state index contributed by atoms with van der Waals surface area (Å²) in [4.78, 5) is 19.8. The molecule has 0 aliphatic carbocycles. The molecule has 0 saturated heterocycles. The largest absolute Gasteiger partial charge is 0.310 e. The molecule has 2 aliphatic rings. The summed E-state index contributed by atoms with van der Waals surface area (Å²) >= 11 is 0. The Kier molecular flexibility index (Phi) is 7.48. The zero-order valence-electron chi connectivity index (χ0n) is 33.0. The fourth-order valence-electron chi connectivity index (χ4n) is 9.17. The van der Waals surface area contributed by atoms with E-state index in [4.69, 9.17) is 15.0 Å². The first kappa shape index (κ1) is 34.2. The van der Waals surface area contributed by atoms with Gasteiger partial charge in [0.15, 0.2) is 0 Å². The van der Waals surface area contributed by atoms with Crippen LogP contribution in [-0.2, 0) is 11.0 Å². The monoisotopic (exact) mass is 747 g/mol. The van der Waals surface area contributed by atoms with E-state index in [1.54, 1.807) is 6.33 Å². The number of benzene rings is 8. The van der Waals surface area contributed by atoms with Crippen LogP contribution in [0.1, 0.15) is 50.2 Å². The Morgan fingerprint density at radius 2 is 0.948 bits per heavy atom. The Balaban J connectivity index is 0.958. The van der Waals surface area contributed by atoms with Gasteiger partial charge in [-0.15, -0.1) is 0 Å². The molecule has 1 aromatic heterocycles. The predicted octanol–water partition coefficient (Wildman–Crippen LogP) is 13.5. The summed E-state index contributed by atoms with van der Waals surface area (Å²) in [7, 11) is 0. The summed E-state index contributed by atoms with van der Waals surface area (Å²) in [6.07, 6.45) is 1.71. The maximum absolute atomic E-state index is 5.42. The van der Waals surface area contributed by atoms with E-state index < -0.39 is 5.54 Å². The molecule has 0 fully saturated rings. The standard InChI is InChI=1S/C53H41N5/c1-52(2)46-15-9-10-16-47(46)58-48-49(52)54-33-55-50(48)53(3,4)56-51(58)42-20-19-40-29-39(17-18-41(40)30-42)36-21-25-43(26-22-36)57(44-27-23-34-11-5-7-13-37(34)31-44)45-28-24-35-12-6-8-14-38(35)32-45/h5-33H,1-4H3. The van der Waals surface area contributed by atoms with Gasteiger partial charge in [-0.2, -0.15) is 0 Å². The van der Waals surface area contributed by atoms with Gasteiger partial charge >= 0.3 is 0 Å². The number of hydrogen-bond acceptors (Lipinski definition) is 5. The second-order valence-electron chi connectivity index (χ2n) is 16.6. The normalized spacial score (nSPS) is 14.9. The van der Waals surface area contributed by atoms with Crippen molar-refractivity contribution >= 4 is 66.6 Å². The molecule has 2 aliphatic heterocycles. The molecule has 0 bridgehead atoms. The fraction of sp³-hybridized carbons (Fsp3) is 0.113. The molecule has 9 aromatic rings. The van der Waals surface area contributed by atoms with Crippen molar-refractivity contribution in [3.05, 3.63) is 199 Å². The van der Waals surface area contributed by atoms with Crippen LogP contribution in [0.3, 0.4) is 0 Å². The van der Waals surface area contributed by atoms with Crippen molar-refractivity contribution in [1.82, 2.24) is 9.97 Å². The minimum absolute atomic E-state index is 0.276. The van der Waals surface area contributed by atoms with Gasteiger partial charge in [0, 0.05) is 28.0 Å². The van der Waals surface area contributed by atoms with E-state index in [-0.39, 0.29) is 5.41 Å². The van der Waals surface area contributed by atoms with E-state index in [9.17, 15) is 0 Å². The summed E-state index contributed by atoms with van der Waals surface area (Å²) in [5, 5.41) is 7.24. The SMILES string of the molecule is CC1(C)N=C(c2ccc3cc(-c4ccc(N(c5ccc6ccccc6c5)c5ccc6ccccc6c5)cc4)ccc3c2)N2c3ccccc3C(C)(C)c3ncnc1c32. The second-order valence-corrected chi connectivity index (χ2v) is 16.6. The summed E-state index contributed by atoms with van der Waals surface area (Å²) < 4.78 is 0. The van der Waals surface area contributed by atoms with Crippen LogP contribution in [0.2, 0.25) is 0 Å². The third-order valence-electron chi connectivity index (χ3n) is 12.2. The van der Waals surface area contributed by atoms with Crippen LogP contribution in [0, 0.1) is 0 Å².